The van der Waals surface area contributed by atoms with Crippen molar-refractivity contribution in [2.75, 3.05) is 24.4 Å². The van der Waals surface area contributed by atoms with Gasteiger partial charge in [0.05, 0.1) is 12.1 Å². The number of benzene rings is 1. The third kappa shape index (κ3) is 5.38. The zero-order valence-corrected chi connectivity index (χ0v) is 19.4. The first-order valence-corrected chi connectivity index (χ1v) is 10.9. The summed E-state index contributed by atoms with van der Waals surface area (Å²) < 4.78 is 7.11. The van der Waals surface area contributed by atoms with E-state index in [2.05, 4.69) is 39.5 Å². The van der Waals surface area contributed by atoms with E-state index in [-0.39, 0.29) is 17.8 Å². The maximum atomic E-state index is 12.1. The van der Waals surface area contributed by atoms with E-state index in [4.69, 9.17) is 16.2 Å². The zero-order valence-electron chi connectivity index (χ0n) is 19.4. The molecule has 10 heteroatoms. The third-order valence-electron chi connectivity index (χ3n) is 5.31. The number of nitrogens with one attached hydrogen (secondary N) is 3. The van der Waals surface area contributed by atoms with E-state index < -0.39 is 5.91 Å². The molecule has 0 aliphatic heterocycles. The summed E-state index contributed by atoms with van der Waals surface area (Å²) in [4.78, 5) is 19.6. The number of anilines is 3. The minimum Gasteiger partial charge on any atom is -0.383 e. The Morgan fingerprint density at radius 3 is 2.72 bits per heavy atom. The molecular weight excluding hydrogens is 408 g/mol. The van der Waals surface area contributed by atoms with Gasteiger partial charge in [-0.25, -0.2) is 0 Å². The van der Waals surface area contributed by atoms with E-state index in [9.17, 15) is 4.79 Å². The number of ether oxygens (including phenoxy) is 1. The van der Waals surface area contributed by atoms with Crippen LogP contribution in [0.3, 0.4) is 0 Å². The van der Waals surface area contributed by atoms with E-state index in [1.807, 2.05) is 36.9 Å². The molecule has 0 saturated carbocycles. The Bertz CT molecular complexity index is 1070. The van der Waals surface area contributed by atoms with Crippen LogP contribution in [0.1, 0.15) is 43.2 Å². The summed E-state index contributed by atoms with van der Waals surface area (Å²) in [6.07, 6.45) is 2.81. The molecule has 0 aliphatic rings. The van der Waals surface area contributed by atoms with Crippen molar-refractivity contribution >= 4 is 34.3 Å². The van der Waals surface area contributed by atoms with Gasteiger partial charge in [-0.15, -0.1) is 0 Å². The number of H-pyrrole nitrogens is 1. The Morgan fingerprint density at radius 1 is 1.34 bits per heavy atom. The molecule has 3 aromatic rings. The fraction of sp³-hybridized carbons (Fsp3) is 0.500. The SMILES string of the molecule is CCn1cc2cc(Nc3nc(N[C@H](CC(C)C)[C@@H](N)COC)[nH]c3C(N)=O)cc(C)c2n1. The summed E-state index contributed by atoms with van der Waals surface area (Å²) in [6.45, 7) is 9.49. The highest BCUT2D eigenvalue weighted by atomic mass is 16.5. The van der Waals surface area contributed by atoms with Crippen LogP contribution in [0.5, 0.6) is 0 Å². The molecular formula is C22H34N8O2. The van der Waals surface area contributed by atoms with E-state index in [0.717, 1.165) is 35.1 Å². The Hall–Kier alpha value is -3.11. The molecule has 2 aromatic heterocycles. The van der Waals surface area contributed by atoms with Crippen molar-refractivity contribution in [3.63, 3.8) is 0 Å². The van der Waals surface area contributed by atoms with Crippen molar-refractivity contribution in [3.8, 4) is 0 Å². The lowest BCUT2D eigenvalue weighted by atomic mass is 9.98. The number of methoxy groups -OCH3 is 1. The van der Waals surface area contributed by atoms with Crippen molar-refractivity contribution in [1.29, 1.82) is 0 Å². The van der Waals surface area contributed by atoms with Gasteiger partial charge in [0.25, 0.3) is 5.91 Å². The zero-order chi connectivity index (χ0) is 23.4. The van der Waals surface area contributed by atoms with Crippen LogP contribution >= 0.6 is 0 Å². The standard InChI is InChI=1S/C22H34N8O2/c1-6-30-10-14-9-15(8-13(4)18(14)29-30)25-21-19(20(24)31)27-22(28-21)26-17(7-12(2)3)16(23)11-32-5/h8-10,12,16-17,25H,6-7,11,23H2,1-5H3,(H2,24,31)(H2,26,27,28)/t16-,17+/m0/s1. The number of nitrogens with zero attached hydrogens (tertiary/aromatic N) is 3. The molecule has 2 atom stereocenters. The maximum Gasteiger partial charge on any atom is 0.269 e. The van der Waals surface area contributed by atoms with Crippen LogP contribution < -0.4 is 22.1 Å². The third-order valence-corrected chi connectivity index (χ3v) is 5.31. The number of aromatic nitrogens is 4. The molecule has 3 rings (SSSR count). The molecule has 10 nitrogen and oxygen atoms in total. The van der Waals surface area contributed by atoms with Gasteiger partial charge in [-0.1, -0.05) is 13.8 Å². The van der Waals surface area contributed by atoms with Crippen LogP contribution in [0.2, 0.25) is 0 Å². The lowest BCUT2D eigenvalue weighted by Gasteiger charge is -2.25. The van der Waals surface area contributed by atoms with Crippen molar-refractivity contribution in [2.45, 2.75) is 52.7 Å². The second-order valence-corrected chi connectivity index (χ2v) is 8.51. The molecule has 0 unspecified atom stereocenters. The maximum absolute atomic E-state index is 12.1. The first-order valence-electron chi connectivity index (χ1n) is 10.9. The number of hydrogen-bond donors (Lipinski definition) is 5. The van der Waals surface area contributed by atoms with Crippen LogP contribution in [0.25, 0.3) is 10.9 Å². The fourth-order valence-corrected chi connectivity index (χ4v) is 3.77. The monoisotopic (exact) mass is 442 g/mol. The van der Waals surface area contributed by atoms with Crippen LogP contribution in [0, 0.1) is 12.8 Å². The van der Waals surface area contributed by atoms with Crippen molar-refractivity contribution in [2.24, 2.45) is 17.4 Å². The van der Waals surface area contributed by atoms with Gasteiger partial charge in [-0.2, -0.15) is 10.1 Å². The molecule has 2 heterocycles. The Balaban J connectivity index is 1.89. The van der Waals surface area contributed by atoms with E-state index in [0.29, 0.717) is 24.3 Å². The number of fused-ring (bicyclic) bond motifs is 1. The number of imidazole rings is 1. The molecule has 0 saturated heterocycles. The van der Waals surface area contributed by atoms with Gasteiger partial charge in [0, 0.05) is 43.0 Å². The Kier molecular flexibility index (Phi) is 7.37. The van der Waals surface area contributed by atoms with Crippen LogP contribution in [0.15, 0.2) is 18.3 Å². The first kappa shape index (κ1) is 23.6. The molecule has 0 aliphatic carbocycles. The molecule has 32 heavy (non-hydrogen) atoms. The minimum atomic E-state index is -0.605. The predicted molar refractivity (Wildman–Crippen MR) is 127 cm³/mol. The lowest BCUT2D eigenvalue weighted by molar-refractivity contribution is 0.0997. The van der Waals surface area contributed by atoms with Gasteiger partial charge >= 0.3 is 0 Å². The van der Waals surface area contributed by atoms with Gasteiger partial charge in [0.15, 0.2) is 5.82 Å². The molecule has 174 valence electrons. The summed E-state index contributed by atoms with van der Waals surface area (Å²) in [6, 6.07) is 3.62. The second kappa shape index (κ2) is 10.0. The summed E-state index contributed by atoms with van der Waals surface area (Å²) in [5.41, 5.74) is 14.9. The van der Waals surface area contributed by atoms with Crippen molar-refractivity contribution in [1.82, 2.24) is 19.7 Å². The van der Waals surface area contributed by atoms with Gasteiger partial charge in [0.1, 0.15) is 5.69 Å². The quantitative estimate of drug-likeness (QED) is 0.306. The van der Waals surface area contributed by atoms with Crippen LogP contribution in [0.4, 0.5) is 17.5 Å². The van der Waals surface area contributed by atoms with E-state index in [1.54, 1.807) is 7.11 Å². The highest BCUT2D eigenvalue weighted by molar-refractivity contribution is 5.97. The first-order chi connectivity index (χ1) is 15.2. The molecule has 0 fully saturated rings. The van der Waals surface area contributed by atoms with E-state index >= 15 is 0 Å². The summed E-state index contributed by atoms with van der Waals surface area (Å²) in [5, 5.41) is 12.1. The van der Waals surface area contributed by atoms with Crippen LogP contribution in [-0.2, 0) is 11.3 Å². The van der Waals surface area contributed by atoms with Crippen molar-refractivity contribution < 1.29 is 9.53 Å². The summed E-state index contributed by atoms with van der Waals surface area (Å²) in [5.74, 6) is 0.587. The smallest absolute Gasteiger partial charge is 0.269 e. The number of primary amides is 1. The largest absolute Gasteiger partial charge is 0.383 e. The number of rotatable bonds is 11. The van der Waals surface area contributed by atoms with Crippen LogP contribution in [-0.4, -0.2) is 51.5 Å². The van der Waals surface area contributed by atoms with Gasteiger partial charge in [-0.05, 0) is 43.9 Å². The van der Waals surface area contributed by atoms with Gasteiger partial charge in [0.2, 0.25) is 5.95 Å². The molecule has 1 aromatic carbocycles. The van der Waals surface area contributed by atoms with Crippen molar-refractivity contribution in [3.05, 3.63) is 29.6 Å². The Labute approximate surface area is 188 Å². The molecule has 0 bridgehead atoms. The number of nitrogens with two attached hydrogens (primary N) is 2. The van der Waals surface area contributed by atoms with Gasteiger partial charge < -0.3 is 31.8 Å². The molecule has 1 amide bonds. The Morgan fingerprint density at radius 2 is 2.09 bits per heavy atom. The normalized spacial score (nSPS) is 13.5. The average Bonchev–Trinajstić information content (AvgIpc) is 3.31. The molecule has 0 spiro atoms. The number of amides is 1. The number of carbonyl (C=O) groups is 1. The molecule has 7 N–H and O–H groups in total. The second-order valence-electron chi connectivity index (χ2n) is 8.51. The number of aromatic amines is 1. The average molecular weight is 443 g/mol. The highest BCUT2D eigenvalue weighted by Crippen LogP contribution is 2.27. The predicted octanol–water partition coefficient (Wildman–Crippen LogP) is 2.73. The minimum absolute atomic E-state index is 0.0897. The number of hydrogen-bond acceptors (Lipinski definition) is 7. The lowest BCUT2D eigenvalue weighted by Crippen LogP contribution is -2.44. The number of carbonyl (C=O) groups excluding carboxylic acids is 1. The van der Waals surface area contributed by atoms with E-state index in [1.165, 1.54) is 0 Å². The summed E-state index contributed by atoms with van der Waals surface area (Å²) in [7, 11) is 1.62. The number of aryl methyl sites for hydroxylation is 2. The van der Waals surface area contributed by atoms with Gasteiger partial charge in [-0.3, -0.25) is 9.48 Å². The fourth-order valence-electron chi connectivity index (χ4n) is 3.77. The topological polar surface area (TPSA) is 149 Å². The summed E-state index contributed by atoms with van der Waals surface area (Å²) >= 11 is 0. The molecule has 0 radical (unpaired) electrons. The highest BCUT2D eigenvalue weighted by Gasteiger charge is 2.22.